The Balaban J connectivity index is 2.75. The van der Waals surface area contributed by atoms with Crippen LogP contribution in [0.1, 0.15) is 11.3 Å². The zero-order chi connectivity index (χ0) is 13.4. The molecule has 0 bridgehead atoms. The van der Waals surface area contributed by atoms with Gasteiger partial charge >= 0.3 is 0 Å². The lowest BCUT2D eigenvalue weighted by molar-refractivity contribution is -0.117. The van der Waals surface area contributed by atoms with E-state index in [0.29, 0.717) is 5.56 Å². The number of fused-ring (bicyclic) bond motifs is 1. The van der Waals surface area contributed by atoms with Crippen LogP contribution in [-0.2, 0) is 11.2 Å². The Hall–Kier alpha value is -2.11. The maximum Gasteiger partial charge on any atom is 0.223 e. The van der Waals surface area contributed by atoms with Crippen LogP contribution in [0.5, 0.6) is 0 Å². The molecule has 3 nitrogen and oxygen atoms in total. The minimum absolute atomic E-state index is 0.166. The van der Waals surface area contributed by atoms with Gasteiger partial charge in [-0.25, -0.2) is 18.2 Å². The van der Waals surface area contributed by atoms with Gasteiger partial charge in [0.15, 0.2) is 17.5 Å². The van der Waals surface area contributed by atoms with E-state index in [1.165, 1.54) is 6.07 Å². The van der Waals surface area contributed by atoms with Gasteiger partial charge in [0.1, 0.15) is 5.52 Å². The number of nitrogens with two attached hydrogens (primary N) is 1. The number of benzene rings is 1. The van der Waals surface area contributed by atoms with E-state index in [1.54, 1.807) is 6.92 Å². The number of hydrogen-bond donors (Lipinski definition) is 1. The third-order valence-electron chi connectivity index (χ3n) is 2.56. The maximum absolute atomic E-state index is 13.6. The summed E-state index contributed by atoms with van der Waals surface area (Å²) in [7, 11) is 0. The van der Waals surface area contributed by atoms with Crippen molar-refractivity contribution in [2.24, 2.45) is 5.73 Å². The maximum atomic E-state index is 13.6. The zero-order valence-electron chi connectivity index (χ0n) is 9.43. The summed E-state index contributed by atoms with van der Waals surface area (Å²) in [6, 6.07) is 2.37. The average Bonchev–Trinajstić information content (AvgIpc) is 2.27. The van der Waals surface area contributed by atoms with Crippen molar-refractivity contribution in [3.05, 3.63) is 40.8 Å². The van der Waals surface area contributed by atoms with Crippen LogP contribution < -0.4 is 5.73 Å². The highest BCUT2D eigenvalue weighted by molar-refractivity contribution is 5.84. The van der Waals surface area contributed by atoms with E-state index in [2.05, 4.69) is 4.98 Å². The third-order valence-corrected chi connectivity index (χ3v) is 2.56. The number of aromatic nitrogens is 1. The van der Waals surface area contributed by atoms with Crippen LogP contribution in [0.4, 0.5) is 13.2 Å². The Bertz CT molecular complexity index is 656. The van der Waals surface area contributed by atoms with E-state index >= 15 is 0 Å². The highest BCUT2D eigenvalue weighted by Gasteiger charge is 2.17. The van der Waals surface area contributed by atoms with Gasteiger partial charge in [0, 0.05) is 5.39 Å². The number of aryl methyl sites for hydroxylation is 1. The van der Waals surface area contributed by atoms with E-state index in [9.17, 15) is 18.0 Å². The highest BCUT2D eigenvalue weighted by atomic mass is 19.2. The predicted molar refractivity (Wildman–Crippen MR) is 59.3 cm³/mol. The molecule has 0 radical (unpaired) electrons. The second kappa shape index (κ2) is 4.29. The van der Waals surface area contributed by atoms with Gasteiger partial charge in [0.05, 0.1) is 12.1 Å². The van der Waals surface area contributed by atoms with E-state index in [0.717, 1.165) is 6.07 Å². The largest absolute Gasteiger partial charge is 0.369 e. The summed E-state index contributed by atoms with van der Waals surface area (Å²) < 4.78 is 39.8. The number of carbonyl (C=O) groups is 1. The van der Waals surface area contributed by atoms with Crippen molar-refractivity contribution in [1.82, 2.24) is 4.98 Å². The van der Waals surface area contributed by atoms with Crippen molar-refractivity contribution < 1.29 is 18.0 Å². The quantitative estimate of drug-likeness (QED) is 0.833. The fraction of sp³-hybridized carbons (Fsp3) is 0.167. The number of amides is 1. The molecule has 0 aliphatic carbocycles. The molecule has 2 aromatic rings. The minimum atomic E-state index is -1.58. The number of nitrogens with zero attached hydrogens (tertiary/aromatic N) is 1. The molecule has 0 spiro atoms. The van der Waals surface area contributed by atoms with Crippen molar-refractivity contribution >= 4 is 16.8 Å². The first-order chi connectivity index (χ1) is 8.40. The lowest BCUT2D eigenvalue weighted by Gasteiger charge is -2.07. The number of primary amides is 1. The molecule has 0 aliphatic rings. The van der Waals surface area contributed by atoms with Crippen LogP contribution in [0.25, 0.3) is 10.9 Å². The molecule has 2 N–H and O–H groups in total. The van der Waals surface area contributed by atoms with E-state index in [4.69, 9.17) is 5.73 Å². The summed E-state index contributed by atoms with van der Waals surface area (Å²) in [6.07, 6.45) is -0.185. The minimum Gasteiger partial charge on any atom is -0.369 e. The second-order valence-corrected chi connectivity index (χ2v) is 3.96. The first-order valence-electron chi connectivity index (χ1n) is 5.12. The van der Waals surface area contributed by atoms with E-state index in [-0.39, 0.29) is 23.0 Å². The van der Waals surface area contributed by atoms with E-state index < -0.39 is 23.4 Å². The van der Waals surface area contributed by atoms with Gasteiger partial charge in [-0.05, 0) is 24.6 Å². The number of carbonyl (C=O) groups excluding carboxylic acids is 1. The standard InChI is InChI=1S/C12H9F3N2O/c1-5-2-6(3-9(16)18)17-12-7(5)4-8(13)10(14)11(12)15/h2,4H,3H2,1H3,(H2,16,18). The topological polar surface area (TPSA) is 56.0 Å². The molecule has 1 amide bonds. The summed E-state index contributed by atoms with van der Waals surface area (Å²) in [5.74, 6) is -4.85. The zero-order valence-corrected chi connectivity index (χ0v) is 9.43. The molecule has 1 aromatic heterocycles. The van der Waals surface area contributed by atoms with Crippen molar-refractivity contribution in [1.29, 1.82) is 0 Å². The second-order valence-electron chi connectivity index (χ2n) is 3.96. The summed E-state index contributed by atoms with van der Waals surface area (Å²) >= 11 is 0. The fourth-order valence-electron chi connectivity index (χ4n) is 1.77. The van der Waals surface area contributed by atoms with Crippen molar-refractivity contribution in [2.45, 2.75) is 13.3 Å². The van der Waals surface area contributed by atoms with Crippen LogP contribution in [0.3, 0.4) is 0 Å². The SMILES string of the molecule is Cc1cc(CC(N)=O)nc2c(F)c(F)c(F)cc12. The predicted octanol–water partition coefficient (Wildman–Crippen LogP) is 1.99. The van der Waals surface area contributed by atoms with Crippen molar-refractivity contribution in [3.63, 3.8) is 0 Å². The Labute approximate surface area is 100 Å². The normalized spacial score (nSPS) is 10.9. The number of rotatable bonds is 2. The van der Waals surface area contributed by atoms with Gasteiger partial charge in [-0.2, -0.15) is 0 Å². The smallest absolute Gasteiger partial charge is 0.223 e. The van der Waals surface area contributed by atoms with Crippen LogP contribution in [-0.4, -0.2) is 10.9 Å². The lowest BCUT2D eigenvalue weighted by Crippen LogP contribution is -2.15. The van der Waals surface area contributed by atoms with Crippen LogP contribution in [0, 0.1) is 24.4 Å². The van der Waals surface area contributed by atoms with Gasteiger partial charge in [-0.1, -0.05) is 0 Å². The number of pyridine rings is 1. The molecule has 0 unspecified atom stereocenters. The number of halogens is 3. The summed E-state index contributed by atoms with van der Waals surface area (Å²) in [4.78, 5) is 14.6. The Morgan fingerprint density at radius 1 is 1.28 bits per heavy atom. The van der Waals surface area contributed by atoms with Crippen molar-refractivity contribution in [3.8, 4) is 0 Å². The molecule has 0 saturated carbocycles. The van der Waals surface area contributed by atoms with Crippen molar-refractivity contribution in [2.75, 3.05) is 0 Å². The summed E-state index contributed by atoms with van der Waals surface area (Å²) in [5.41, 5.74) is 5.42. The molecule has 0 fully saturated rings. The molecule has 1 heterocycles. The molecule has 94 valence electrons. The Morgan fingerprint density at radius 2 is 1.94 bits per heavy atom. The Morgan fingerprint density at radius 3 is 2.56 bits per heavy atom. The molecular formula is C12H9F3N2O. The molecule has 2 rings (SSSR count). The summed E-state index contributed by atoms with van der Waals surface area (Å²) in [5, 5.41) is 0.166. The summed E-state index contributed by atoms with van der Waals surface area (Å²) in [6.45, 7) is 1.59. The molecule has 18 heavy (non-hydrogen) atoms. The van der Waals surface area contributed by atoms with Gasteiger partial charge < -0.3 is 5.73 Å². The molecule has 0 atom stereocenters. The lowest BCUT2D eigenvalue weighted by atomic mass is 10.1. The van der Waals surface area contributed by atoms with Gasteiger partial charge in [-0.3, -0.25) is 4.79 Å². The third kappa shape index (κ3) is 2.01. The molecule has 0 aliphatic heterocycles. The van der Waals surface area contributed by atoms with Gasteiger partial charge in [0.2, 0.25) is 5.91 Å². The van der Waals surface area contributed by atoms with Gasteiger partial charge in [0.25, 0.3) is 0 Å². The molecule has 1 aromatic carbocycles. The Kier molecular flexibility index (Phi) is 2.94. The first kappa shape index (κ1) is 12.3. The molecule has 0 saturated heterocycles. The highest BCUT2D eigenvalue weighted by Crippen LogP contribution is 2.24. The molecule has 6 heteroatoms. The van der Waals surface area contributed by atoms with E-state index in [1.807, 2.05) is 0 Å². The first-order valence-corrected chi connectivity index (χ1v) is 5.12. The monoisotopic (exact) mass is 254 g/mol. The van der Waals surface area contributed by atoms with Gasteiger partial charge in [-0.15, -0.1) is 0 Å². The number of hydrogen-bond acceptors (Lipinski definition) is 2. The molecular weight excluding hydrogens is 245 g/mol. The van der Waals surface area contributed by atoms with Crippen LogP contribution in [0.2, 0.25) is 0 Å². The van der Waals surface area contributed by atoms with Crippen LogP contribution >= 0.6 is 0 Å². The average molecular weight is 254 g/mol. The fourth-order valence-corrected chi connectivity index (χ4v) is 1.77. The van der Waals surface area contributed by atoms with Crippen LogP contribution in [0.15, 0.2) is 12.1 Å².